The Balaban J connectivity index is 2.11. The fourth-order valence-corrected chi connectivity index (χ4v) is 2.39. The van der Waals surface area contributed by atoms with Crippen LogP contribution in [0.1, 0.15) is 37.8 Å². The van der Waals surface area contributed by atoms with Gasteiger partial charge in [0, 0.05) is 26.1 Å². The standard InChI is InChI=1S/C15H21FO/c1-12(2)11-13-3-5-14(6-4-13)15(16)7-9-17-10-8-15/h3-6,12H,7-11H2,1-2H3. The zero-order chi connectivity index (χ0) is 12.3. The molecule has 0 radical (unpaired) electrons. The fourth-order valence-electron chi connectivity index (χ4n) is 2.39. The molecular weight excluding hydrogens is 215 g/mol. The van der Waals surface area contributed by atoms with Crippen LogP contribution in [0.25, 0.3) is 0 Å². The molecule has 1 aromatic rings. The van der Waals surface area contributed by atoms with Gasteiger partial charge in [0.2, 0.25) is 0 Å². The van der Waals surface area contributed by atoms with Gasteiger partial charge < -0.3 is 4.74 Å². The van der Waals surface area contributed by atoms with E-state index in [4.69, 9.17) is 4.74 Å². The summed E-state index contributed by atoms with van der Waals surface area (Å²) >= 11 is 0. The van der Waals surface area contributed by atoms with Crippen LogP contribution in [0.2, 0.25) is 0 Å². The van der Waals surface area contributed by atoms with Crippen molar-refractivity contribution >= 4 is 0 Å². The number of halogens is 1. The second-order valence-corrected chi connectivity index (χ2v) is 5.37. The Hall–Kier alpha value is -0.890. The Bertz CT molecular complexity index is 350. The molecule has 1 saturated heterocycles. The Labute approximate surface area is 103 Å². The van der Waals surface area contributed by atoms with Crippen molar-refractivity contribution in [2.75, 3.05) is 13.2 Å². The van der Waals surface area contributed by atoms with Crippen molar-refractivity contribution in [1.29, 1.82) is 0 Å². The molecule has 1 heterocycles. The van der Waals surface area contributed by atoms with Gasteiger partial charge in [0.05, 0.1) is 0 Å². The van der Waals surface area contributed by atoms with Gasteiger partial charge in [0.25, 0.3) is 0 Å². The number of ether oxygens (including phenoxy) is 1. The Morgan fingerprint density at radius 3 is 2.29 bits per heavy atom. The monoisotopic (exact) mass is 236 g/mol. The minimum Gasteiger partial charge on any atom is -0.381 e. The van der Waals surface area contributed by atoms with E-state index in [9.17, 15) is 4.39 Å². The molecule has 0 bridgehead atoms. The summed E-state index contributed by atoms with van der Waals surface area (Å²) in [5.41, 5.74) is 0.932. The summed E-state index contributed by atoms with van der Waals surface area (Å²) < 4.78 is 19.8. The Morgan fingerprint density at radius 2 is 1.76 bits per heavy atom. The van der Waals surface area contributed by atoms with Crippen molar-refractivity contribution in [3.05, 3.63) is 35.4 Å². The summed E-state index contributed by atoms with van der Waals surface area (Å²) in [5.74, 6) is 0.642. The number of benzene rings is 1. The van der Waals surface area contributed by atoms with E-state index in [0.29, 0.717) is 32.0 Å². The highest BCUT2D eigenvalue weighted by atomic mass is 19.1. The quantitative estimate of drug-likeness (QED) is 0.774. The molecule has 0 saturated carbocycles. The summed E-state index contributed by atoms with van der Waals surface area (Å²) in [6, 6.07) is 8.02. The smallest absolute Gasteiger partial charge is 0.140 e. The van der Waals surface area contributed by atoms with Crippen LogP contribution in [-0.4, -0.2) is 13.2 Å². The van der Waals surface area contributed by atoms with Crippen molar-refractivity contribution in [2.45, 2.75) is 38.8 Å². The van der Waals surface area contributed by atoms with Crippen molar-refractivity contribution in [3.63, 3.8) is 0 Å². The number of hydrogen-bond donors (Lipinski definition) is 0. The second-order valence-electron chi connectivity index (χ2n) is 5.37. The molecule has 17 heavy (non-hydrogen) atoms. The lowest BCUT2D eigenvalue weighted by Gasteiger charge is -2.30. The minimum atomic E-state index is -1.17. The van der Waals surface area contributed by atoms with Gasteiger partial charge in [0.15, 0.2) is 0 Å². The first-order valence-corrected chi connectivity index (χ1v) is 6.46. The second kappa shape index (κ2) is 5.18. The molecule has 1 aliphatic rings. The van der Waals surface area contributed by atoms with Gasteiger partial charge in [-0.3, -0.25) is 0 Å². The van der Waals surface area contributed by atoms with Crippen molar-refractivity contribution in [2.24, 2.45) is 5.92 Å². The number of hydrogen-bond acceptors (Lipinski definition) is 1. The van der Waals surface area contributed by atoms with Crippen LogP contribution in [-0.2, 0) is 16.8 Å². The third kappa shape index (κ3) is 3.06. The summed E-state index contributed by atoms with van der Waals surface area (Å²) in [6.45, 7) is 5.46. The van der Waals surface area contributed by atoms with Gasteiger partial charge in [0.1, 0.15) is 5.67 Å². The number of rotatable bonds is 3. The van der Waals surface area contributed by atoms with Crippen molar-refractivity contribution < 1.29 is 9.13 Å². The van der Waals surface area contributed by atoms with E-state index in [2.05, 4.69) is 26.0 Å². The molecule has 1 fully saturated rings. The zero-order valence-electron chi connectivity index (χ0n) is 10.7. The van der Waals surface area contributed by atoms with E-state index >= 15 is 0 Å². The van der Waals surface area contributed by atoms with Crippen molar-refractivity contribution in [1.82, 2.24) is 0 Å². The minimum absolute atomic E-state index is 0.483. The molecule has 0 amide bonds. The molecule has 2 rings (SSSR count). The molecule has 0 atom stereocenters. The maximum Gasteiger partial charge on any atom is 0.140 e. The first kappa shape index (κ1) is 12.6. The third-order valence-electron chi connectivity index (χ3n) is 3.40. The topological polar surface area (TPSA) is 9.23 Å². The largest absolute Gasteiger partial charge is 0.381 e. The molecule has 2 heteroatoms. The van der Waals surface area contributed by atoms with Crippen LogP contribution >= 0.6 is 0 Å². The van der Waals surface area contributed by atoms with Crippen LogP contribution in [0.4, 0.5) is 4.39 Å². The van der Waals surface area contributed by atoms with Gasteiger partial charge in [-0.2, -0.15) is 0 Å². The predicted octanol–water partition coefficient (Wildman–Crippen LogP) is 3.86. The average molecular weight is 236 g/mol. The van der Waals surface area contributed by atoms with Gasteiger partial charge in [-0.1, -0.05) is 38.1 Å². The van der Waals surface area contributed by atoms with Crippen LogP contribution < -0.4 is 0 Å². The lowest BCUT2D eigenvalue weighted by Crippen LogP contribution is -2.29. The molecule has 0 aliphatic carbocycles. The summed E-state index contributed by atoms with van der Waals surface area (Å²) in [6.07, 6.45) is 2.02. The molecular formula is C15H21FO. The van der Waals surface area contributed by atoms with Gasteiger partial charge in [-0.25, -0.2) is 4.39 Å². The molecule has 1 aliphatic heterocycles. The lowest BCUT2D eigenvalue weighted by molar-refractivity contribution is -0.0114. The summed E-state index contributed by atoms with van der Waals surface area (Å²) in [5, 5.41) is 0. The molecule has 0 N–H and O–H groups in total. The number of alkyl halides is 1. The van der Waals surface area contributed by atoms with Crippen LogP contribution in [0.5, 0.6) is 0 Å². The van der Waals surface area contributed by atoms with Crippen molar-refractivity contribution in [3.8, 4) is 0 Å². The van der Waals surface area contributed by atoms with Crippen LogP contribution in [0.15, 0.2) is 24.3 Å². The van der Waals surface area contributed by atoms with E-state index in [-0.39, 0.29) is 0 Å². The SMILES string of the molecule is CC(C)Cc1ccc(C2(F)CCOCC2)cc1. The summed E-state index contributed by atoms with van der Waals surface area (Å²) in [4.78, 5) is 0. The first-order chi connectivity index (χ1) is 8.10. The average Bonchev–Trinajstić information content (AvgIpc) is 2.30. The van der Waals surface area contributed by atoms with E-state index < -0.39 is 5.67 Å². The Kier molecular flexibility index (Phi) is 3.82. The van der Waals surface area contributed by atoms with Gasteiger partial charge in [-0.05, 0) is 23.5 Å². The molecule has 0 unspecified atom stereocenters. The Morgan fingerprint density at radius 1 is 1.18 bits per heavy atom. The lowest BCUT2D eigenvalue weighted by atomic mass is 9.87. The molecule has 0 spiro atoms. The van der Waals surface area contributed by atoms with E-state index in [1.807, 2.05) is 12.1 Å². The molecule has 0 aromatic heterocycles. The van der Waals surface area contributed by atoms with Gasteiger partial charge in [-0.15, -0.1) is 0 Å². The maximum absolute atomic E-state index is 14.6. The summed E-state index contributed by atoms with van der Waals surface area (Å²) in [7, 11) is 0. The highest BCUT2D eigenvalue weighted by molar-refractivity contribution is 5.28. The van der Waals surface area contributed by atoms with E-state index in [1.165, 1.54) is 5.56 Å². The zero-order valence-corrected chi connectivity index (χ0v) is 10.7. The van der Waals surface area contributed by atoms with Gasteiger partial charge >= 0.3 is 0 Å². The third-order valence-corrected chi connectivity index (χ3v) is 3.40. The maximum atomic E-state index is 14.6. The highest BCUT2D eigenvalue weighted by Gasteiger charge is 2.33. The molecule has 1 nitrogen and oxygen atoms in total. The van der Waals surface area contributed by atoms with Crippen LogP contribution in [0.3, 0.4) is 0 Å². The molecule has 94 valence electrons. The molecule has 1 aromatic carbocycles. The normalized spacial score (nSPS) is 19.5. The van der Waals surface area contributed by atoms with E-state index in [0.717, 1.165) is 12.0 Å². The fraction of sp³-hybridized carbons (Fsp3) is 0.600. The first-order valence-electron chi connectivity index (χ1n) is 6.46. The van der Waals surface area contributed by atoms with Crippen LogP contribution in [0, 0.1) is 5.92 Å². The highest BCUT2D eigenvalue weighted by Crippen LogP contribution is 2.36. The van der Waals surface area contributed by atoms with E-state index in [1.54, 1.807) is 0 Å². The predicted molar refractivity (Wildman–Crippen MR) is 67.8 cm³/mol.